The van der Waals surface area contributed by atoms with Crippen molar-refractivity contribution in [2.75, 3.05) is 13.6 Å². The zero-order valence-corrected chi connectivity index (χ0v) is 10.9. The molecule has 102 valence electrons. The number of amidine groups is 1. The van der Waals surface area contributed by atoms with Crippen LogP contribution >= 0.6 is 0 Å². The summed E-state index contributed by atoms with van der Waals surface area (Å²) in [6.07, 6.45) is 0.796. The van der Waals surface area contributed by atoms with Crippen molar-refractivity contribution in [3.05, 3.63) is 0 Å². The van der Waals surface area contributed by atoms with Crippen molar-refractivity contribution in [1.29, 1.82) is 0 Å². The van der Waals surface area contributed by atoms with Crippen molar-refractivity contribution in [1.82, 2.24) is 10.2 Å². The molecule has 4 N–H and O–H groups in total. The fraction of sp³-hybridized carbons (Fsp3) is 0.727. The Morgan fingerprint density at radius 3 is 2.67 bits per heavy atom. The van der Waals surface area contributed by atoms with E-state index in [4.69, 9.17) is 10.9 Å². The second-order valence-corrected chi connectivity index (χ2v) is 5.12. The molecule has 0 saturated carbocycles. The van der Waals surface area contributed by atoms with Crippen molar-refractivity contribution in [2.45, 2.75) is 32.7 Å². The van der Waals surface area contributed by atoms with Gasteiger partial charge in [0.1, 0.15) is 5.84 Å². The van der Waals surface area contributed by atoms with Gasteiger partial charge >= 0.3 is 0 Å². The molecule has 1 aliphatic rings. The van der Waals surface area contributed by atoms with Crippen LogP contribution in [0.5, 0.6) is 0 Å². The summed E-state index contributed by atoms with van der Waals surface area (Å²) in [6.45, 7) is 4.20. The van der Waals surface area contributed by atoms with Crippen molar-refractivity contribution < 1.29 is 14.8 Å². The molecule has 1 fully saturated rings. The molecule has 18 heavy (non-hydrogen) atoms. The summed E-state index contributed by atoms with van der Waals surface area (Å²) in [5, 5.41) is 14.6. The third kappa shape index (κ3) is 2.98. The molecule has 1 saturated heterocycles. The number of carbonyl (C=O) groups is 2. The third-order valence-corrected chi connectivity index (χ3v) is 3.32. The molecule has 2 amide bonds. The Hall–Kier alpha value is -1.63. The highest BCUT2D eigenvalue weighted by molar-refractivity contribution is 6.05. The maximum absolute atomic E-state index is 11.6. The van der Waals surface area contributed by atoms with Crippen molar-refractivity contribution in [3.63, 3.8) is 0 Å². The molecular formula is C11H20N4O3. The van der Waals surface area contributed by atoms with Crippen LogP contribution in [0.15, 0.2) is 5.16 Å². The van der Waals surface area contributed by atoms with Gasteiger partial charge in [0, 0.05) is 12.5 Å². The number of nitrogens with one attached hydrogen (secondary N) is 1. The number of hydrogen-bond donors (Lipinski definition) is 3. The molecule has 1 unspecified atom stereocenters. The van der Waals surface area contributed by atoms with Crippen LogP contribution in [0.25, 0.3) is 0 Å². The monoisotopic (exact) mass is 256 g/mol. The van der Waals surface area contributed by atoms with E-state index in [2.05, 4.69) is 10.5 Å². The number of likely N-dealkylation sites (tertiary alicyclic amines) is 1. The summed E-state index contributed by atoms with van der Waals surface area (Å²) in [4.78, 5) is 24.0. The highest BCUT2D eigenvalue weighted by Gasteiger charge is 2.35. The number of likely N-dealkylation sites (N-methyl/N-ethyl adjacent to an activating group) is 1. The van der Waals surface area contributed by atoms with Gasteiger partial charge in [0.2, 0.25) is 11.8 Å². The Morgan fingerprint density at radius 1 is 1.61 bits per heavy atom. The smallest absolute Gasteiger partial charge is 0.246 e. The standard InChI is InChI=1S/C11H20N4O3/c1-11(2,10(12)14-18)4-5-13-7-6-8(16)15(3)9(7)17/h7,13,18H,4-6H2,1-3H3,(H2,12,14). The van der Waals surface area contributed by atoms with Gasteiger partial charge in [0.05, 0.1) is 12.5 Å². The summed E-state index contributed by atoms with van der Waals surface area (Å²) in [5.74, 6) is -0.231. The van der Waals surface area contributed by atoms with E-state index in [0.29, 0.717) is 13.0 Å². The van der Waals surface area contributed by atoms with E-state index in [1.807, 2.05) is 13.8 Å². The van der Waals surface area contributed by atoms with Gasteiger partial charge < -0.3 is 16.3 Å². The summed E-state index contributed by atoms with van der Waals surface area (Å²) in [6, 6.07) is -0.453. The van der Waals surface area contributed by atoms with Crippen LogP contribution in [-0.2, 0) is 9.59 Å². The summed E-state index contributed by atoms with van der Waals surface area (Å²) in [5.41, 5.74) is 5.10. The van der Waals surface area contributed by atoms with Gasteiger partial charge in [-0.25, -0.2) is 0 Å². The minimum absolute atomic E-state index is 0.148. The third-order valence-electron chi connectivity index (χ3n) is 3.32. The number of hydrogen-bond acceptors (Lipinski definition) is 5. The first kappa shape index (κ1) is 14.4. The van der Waals surface area contributed by atoms with E-state index in [-0.39, 0.29) is 24.1 Å². The minimum atomic E-state index is -0.459. The summed E-state index contributed by atoms with van der Waals surface area (Å²) < 4.78 is 0. The fourth-order valence-electron chi connectivity index (χ4n) is 1.74. The molecule has 0 radical (unpaired) electrons. The highest BCUT2D eigenvalue weighted by Crippen LogP contribution is 2.20. The molecular weight excluding hydrogens is 236 g/mol. The second kappa shape index (κ2) is 5.34. The Morgan fingerprint density at radius 2 is 2.22 bits per heavy atom. The lowest BCUT2D eigenvalue weighted by Crippen LogP contribution is -2.40. The van der Waals surface area contributed by atoms with Gasteiger partial charge in [-0.2, -0.15) is 0 Å². The van der Waals surface area contributed by atoms with Crippen LogP contribution in [0.1, 0.15) is 26.7 Å². The molecule has 0 aromatic heterocycles. The maximum atomic E-state index is 11.6. The first-order valence-corrected chi connectivity index (χ1v) is 5.81. The number of imide groups is 1. The van der Waals surface area contributed by atoms with Crippen LogP contribution in [0.3, 0.4) is 0 Å². The van der Waals surface area contributed by atoms with Gasteiger partial charge in [-0.1, -0.05) is 19.0 Å². The van der Waals surface area contributed by atoms with Crippen LogP contribution in [-0.4, -0.2) is 47.4 Å². The molecule has 0 bridgehead atoms. The number of nitrogens with two attached hydrogens (primary N) is 1. The van der Waals surface area contributed by atoms with Crippen molar-refractivity contribution in [3.8, 4) is 0 Å². The molecule has 0 spiro atoms. The number of oxime groups is 1. The molecule has 0 aliphatic carbocycles. The maximum Gasteiger partial charge on any atom is 0.246 e. The van der Waals surface area contributed by atoms with Gasteiger partial charge in [-0.05, 0) is 13.0 Å². The van der Waals surface area contributed by atoms with Crippen LogP contribution in [0, 0.1) is 5.41 Å². The molecule has 1 heterocycles. The SMILES string of the molecule is CN1C(=O)CC(NCCC(C)(C)C(N)=NO)C1=O. The first-order chi connectivity index (χ1) is 8.29. The predicted octanol–water partition coefficient (Wildman–Crippen LogP) is -0.504. The Bertz CT molecular complexity index is 378. The number of rotatable bonds is 5. The van der Waals surface area contributed by atoms with E-state index in [0.717, 1.165) is 4.90 Å². The van der Waals surface area contributed by atoms with E-state index in [1.165, 1.54) is 7.05 Å². The Balaban J connectivity index is 2.44. The van der Waals surface area contributed by atoms with Crippen LogP contribution < -0.4 is 11.1 Å². The lowest BCUT2D eigenvalue weighted by atomic mass is 9.88. The Labute approximate surface area is 106 Å². The van der Waals surface area contributed by atoms with Crippen LogP contribution in [0.4, 0.5) is 0 Å². The molecule has 7 nitrogen and oxygen atoms in total. The zero-order chi connectivity index (χ0) is 13.9. The number of amides is 2. The molecule has 1 atom stereocenters. The first-order valence-electron chi connectivity index (χ1n) is 5.81. The lowest BCUT2D eigenvalue weighted by molar-refractivity contribution is -0.137. The van der Waals surface area contributed by atoms with Crippen molar-refractivity contribution >= 4 is 17.6 Å². The van der Waals surface area contributed by atoms with Gasteiger partial charge in [0.25, 0.3) is 0 Å². The Kier molecular flexibility index (Phi) is 4.28. The van der Waals surface area contributed by atoms with E-state index < -0.39 is 11.5 Å². The second-order valence-electron chi connectivity index (χ2n) is 5.12. The van der Waals surface area contributed by atoms with Gasteiger partial charge in [-0.3, -0.25) is 14.5 Å². The van der Waals surface area contributed by atoms with Crippen molar-refractivity contribution in [2.24, 2.45) is 16.3 Å². The number of carbonyl (C=O) groups excluding carboxylic acids is 2. The summed E-state index contributed by atoms with van der Waals surface area (Å²) >= 11 is 0. The van der Waals surface area contributed by atoms with E-state index >= 15 is 0 Å². The average molecular weight is 256 g/mol. The largest absolute Gasteiger partial charge is 0.409 e. The van der Waals surface area contributed by atoms with Gasteiger partial charge in [0.15, 0.2) is 0 Å². The molecule has 1 aliphatic heterocycles. The highest BCUT2D eigenvalue weighted by atomic mass is 16.4. The average Bonchev–Trinajstić information content (AvgIpc) is 2.56. The minimum Gasteiger partial charge on any atom is -0.409 e. The van der Waals surface area contributed by atoms with Gasteiger partial charge in [-0.15, -0.1) is 0 Å². The molecule has 7 heteroatoms. The molecule has 1 rings (SSSR count). The predicted molar refractivity (Wildman–Crippen MR) is 66.0 cm³/mol. The number of nitrogens with zero attached hydrogens (tertiary/aromatic N) is 2. The van der Waals surface area contributed by atoms with E-state index in [1.54, 1.807) is 0 Å². The lowest BCUT2D eigenvalue weighted by Gasteiger charge is -2.23. The quantitative estimate of drug-likeness (QED) is 0.202. The molecule has 0 aromatic carbocycles. The van der Waals surface area contributed by atoms with E-state index in [9.17, 15) is 9.59 Å². The molecule has 0 aromatic rings. The van der Waals surface area contributed by atoms with Crippen LogP contribution in [0.2, 0.25) is 0 Å². The summed E-state index contributed by atoms with van der Waals surface area (Å²) in [7, 11) is 1.48. The topological polar surface area (TPSA) is 108 Å². The zero-order valence-electron chi connectivity index (χ0n) is 10.9. The normalized spacial score (nSPS) is 21.8. The fourth-order valence-corrected chi connectivity index (χ4v) is 1.74.